The number of rotatable bonds is 7. The summed E-state index contributed by atoms with van der Waals surface area (Å²) in [5.41, 5.74) is 4.68. The maximum Gasteiger partial charge on any atom is 0.282 e. The number of nitrogens with one attached hydrogen (secondary N) is 1. The summed E-state index contributed by atoms with van der Waals surface area (Å²) in [7, 11) is 0. The van der Waals surface area contributed by atoms with E-state index in [0.717, 1.165) is 23.2 Å². The van der Waals surface area contributed by atoms with E-state index >= 15 is 0 Å². The highest BCUT2D eigenvalue weighted by molar-refractivity contribution is 6.46. The van der Waals surface area contributed by atoms with Gasteiger partial charge in [-0.1, -0.05) is 66.6 Å². The minimum Gasteiger partial charge on any atom is -0.491 e. The van der Waals surface area contributed by atoms with E-state index < -0.39 is 5.91 Å². The number of carbonyl (C=O) groups excluding carboxylic acids is 2. The van der Waals surface area contributed by atoms with Gasteiger partial charge in [-0.05, 0) is 50.1 Å². The zero-order chi connectivity index (χ0) is 22.7. The Kier molecular flexibility index (Phi) is 6.08. The molecule has 32 heavy (non-hydrogen) atoms. The van der Waals surface area contributed by atoms with Crippen molar-refractivity contribution >= 4 is 28.8 Å². The fraction of sp³-hybridized carbons (Fsp3) is 0.185. The third kappa shape index (κ3) is 4.14. The molecule has 0 bridgehead atoms. The average Bonchev–Trinajstić information content (AvgIpc) is 3.04. The second-order valence-electron chi connectivity index (χ2n) is 7.87. The molecule has 0 unspecified atom stereocenters. The lowest BCUT2D eigenvalue weighted by Crippen LogP contribution is -2.32. The molecule has 0 saturated heterocycles. The van der Waals surface area contributed by atoms with Gasteiger partial charge in [0.1, 0.15) is 11.4 Å². The van der Waals surface area contributed by atoms with E-state index in [9.17, 15) is 9.59 Å². The SMILES string of the molecule is CCCOc1ccccc1N1C(=O)C(Nc2ccc(C)cc2)=C(c2ccc(C)cc2)C1=O. The molecule has 3 aromatic carbocycles. The van der Waals surface area contributed by atoms with Crippen LogP contribution in [0.25, 0.3) is 5.57 Å². The lowest BCUT2D eigenvalue weighted by atomic mass is 10.0. The first kappa shape index (κ1) is 21.4. The van der Waals surface area contributed by atoms with Crippen molar-refractivity contribution in [2.24, 2.45) is 0 Å². The zero-order valence-corrected chi connectivity index (χ0v) is 18.5. The average molecular weight is 427 g/mol. The summed E-state index contributed by atoms with van der Waals surface area (Å²) in [5, 5.41) is 3.20. The van der Waals surface area contributed by atoms with Gasteiger partial charge in [0.2, 0.25) is 0 Å². The molecule has 0 spiro atoms. The topological polar surface area (TPSA) is 58.6 Å². The number of hydrogen-bond donors (Lipinski definition) is 1. The maximum atomic E-state index is 13.6. The highest BCUT2D eigenvalue weighted by Gasteiger charge is 2.41. The molecule has 0 radical (unpaired) electrons. The van der Waals surface area contributed by atoms with Crippen molar-refractivity contribution < 1.29 is 14.3 Å². The highest BCUT2D eigenvalue weighted by atomic mass is 16.5. The number of carbonyl (C=O) groups is 2. The molecule has 0 fully saturated rings. The second kappa shape index (κ2) is 9.10. The molecule has 0 aromatic heterocycles. The standard InChI is InChI=1S/C27H26N2O3/c1-4-17-32-23-8-6-5-7-22(23)29-26(30)24(20-13-9-18(2)10-14-20)25(27(29)31)28-21-15-11-19(3)12-16-21/h5-16,28H,4,17H2,1-3H3. The molecule has 0 aliphatic carbocycles. The Bertz CT molecular complexity index is 1180. The summed E-state index contributed by atoms with van der Waals surface area (Å²) in [5.74, 6) is -0.268. The number of anilines is 2. The van der Waals surface area contributed by atoms with Crippen LogP contribution in [-0.4, -0.2) is 18.4 Å². The Balaban J connectivity index is 1.80. The van der Waals surface area contributed by atoms with Gasteiger partial charge in [0.15, 0.2) is 0 Å². The number of aryl methyl sites for hydroxylation is 2. The molecule has 2 amide bonds. The predicted molar refractivity (Wildman–Crippen MR) is 128 cm³/mol. The van der Waals surface area contributed by atoms with E-state index in [-0.39, 0.29) is 11.6 Å². The van der Waals surface area contributed by atoms with Crippen molar-refractivity contribution in [3.8, 4) is 5.75 Å². The van der Waals surface area contributed by atoms with E-state index in [4.69, 9.17) is 4.74 Å². The first-order valence-corrected chi connectivity index (χ1v) is 10.7. The minimum atomic E-state index is -0.404. The molecule has 5 nitrogen and oxygen atoms in total. The summed E-state index contributed by atoms with van der Waals surface area (Å²) in [4.78, 5) is 28.4. The van der Waals surface area contributed by atoms with Gasteiger partial charge >= 0.3 is 0 Å². The van der Waals surface area contributed by atoms with E-state index in [1.807, 2.05) is 75.4 Å². The van der Waals surface area contributed by atoms with Crippen LogP contribution >= 0.6 is 0 Å². The van der Waals surface area contributed by atoms with Crippen molar-refractivity contribution in [1.29, 1.82) is 0 Å². The van der Waals surface area contributed by atoms with Crippen molar-refractivity contribution in [3.63, 3.8) is 0 Å². The van der Waals surface area contributed by atoms with Crippen LogP contribution in [0.3, 0.4) is 0 Å². The van der Waals surface area contributed by atoms with Crippen molar-refractivity contribution in [2.75, 3.05) is 16.8 Å². The summed E-state index contributed by atoms with van der Waals surface area (Å²) in [6.45, 7) is 6.49. The van der Waals surface area contributed by atoms with Crippen molar-refractivity contribution in [2.45, 2.75) is 27.2 Å². The lowest BCUT2D eigenvalue weighted by molar-refractivity contribution is -0.120. The summed E-state index contributed by atoms with van der Waals surface area (Å²) in [6, 6.07) is 22.5. The molecule has 3 aromatic rings. The van der Waals surface area contributed by atoms with Crippen LogP contribution in [-0.2, 0) is 9.59 Å². The van der Waals surface area contributed by atoms with Gasteiger partial charge in [-0.15, -0.1) is 0 Å². The van der Waals surface area contributed by atoms with Crippen LogP contribution in [0.1, 0.15) is 30.0 Å². The third-order valence-electron chi connectivity index (χ3n) is 5.31. The summed E-state index contributed by atoms with van der Waals surface area (Å²) < 4.78 is 5.83. The number of amides is 2. The number of ether oxygens (including phenoxy) is 1. The quantitative estimate of drug-likeness (QED) is 0.508. The predicted octanol–water partition coefficient (Wildman–Crippen LogP) is 5.49. The van der Waals surface area contributed by atoms with E-state index in [0.29, 0.717) is 29.2 Å². The van der Waals surface area contributed by atoms with Crippen LogP contribution in [0.2, 0.25) is 0 Å². The maximum absolute atomic E-state index is 13.6. The normalized spacial score (nSPS) is 13.7. The number of nitrogens with zero attached hydrogens (tertiary/aromatic N) is 1. The van der Waals surface area contributed by atoms with Crippen molar-refractivity contribution in [1.82, 2.24) is 0 Å². The van der Waals surface area contributed by atoms with Crippen LogP contribution in [0.5, 0.6) is 5.75 Å². The zero-order valence-electron chi connectivity index (χ0n) is 18.5. The molecule has 4 rings (SSSR count). The molecule has 0 atom stereocenters. The van der Waals surface area contributed by atoms with E-state index in [1.54, 1.807) is 18.2 Å². The molecule has 0 saturated carbocycles. The van der Waals surface area contributed by atoms with Crippen molar-refractivity contribution in [3.05, 3.63) is 95.2 Å². The monoisotopic (exact) mass is 426 g/mol. The highest BCUT2D eigenvalue weighted by Crippen LogP contribution is 2.38. The van der Waals surface area contributed by atoms with Crippen LogP contribution in [0, 0.1) is 13.8 Å². The van der Waals surface area contributed by atoms with Gasteiger partial charge in [0, 0.05) is 5.69 Å². The molecular weight excluding hydrogens is 400 g/mol. The smallest absolute Gasteiger partial charge is 0.282 e. The van der Waals surface area contributed by atoms with Gasteiger partial charge < -0.3 is 10.1 Å². The molecule has 1 N–H and O–H groups in total. The van der Waals surface area contributed by atoms with E-state index in [2.05, 4.69) is 5.32 Å². The fourth-order valence-corrected chi connectivity index (χ4v) is 3.61. The van der Waals surface area contributed by atoms with Crippen LogP contribution in [0.15, 0.2) is 78.5 Å². The van der Waals surface area contributed by atoms with Crippen LogP contribution < -0.4 is 15.0 Å². The van der Waals surface area contributed by atoms with Gasteiger partial charge in [-0.3, -0.25) is 9.59 Å². The Morgan fingerprint density at radius 3 is 2.09 bits per heavy atom. The number of para-hydroxylation sites is 2. The Labute approximate surface area is 188 Å². The molecule has 162 valence electrons. The third-order valence-corrected chi connectivity index (χ3v) is 5.31. The number of imide groups is 1. The van der Waals surface area contributed by atoms with Gasteiger partial charge in [-0.2, -0.15) is 0 Å². The van der Waals surface area contributed by atoms with Gasteiger partial charge in [-0.25, -0.2) is 4.90 Å². The first-order valence-electron chi connectivity index (χ1n) is 10.7. The first-order chi connectivity index (χ1) is 15.5. The largest absolute Gasteiger partial charge is 0.491 e. The Morgan fingerprint density at radius 2 is 1.44 bits per heavy atom. The molecular formula is C27H26N2O3. The van der Waals surface area contributed by atoms with Gasteiger partial charge in [0.05, 0.1) is 17.9 Å². The van der Waals surface area contributed by atoms with Crippen LogP contribution in [0.4, 0.5) is 11.4 Å². The second-order valence-corrected chi connectivity index (χ2v) is 7.87. The fourth-order valence-electron chi connectivity index (χ4n) is 3.61. The molecule has 1 aliphatic rings. The molecule has 5 heteroatoms. The summed E-state index contributed by atoms with van der Waals surface area (Å²) >= 11 is 0. The van der Waals surface area contributed by atoms with Gasteiger partial charge in [0.25, 0.3) is 11.8 Å². The lowest BCUT2D eigenvalue weighted by Gasteiger charge is -2.19. The van der Waals surface area contributed by atoms with E-state index in [1.165, 1.54) is 4.90 Å². The number of hydrogen-bond acceptors (Lipinski definition) is 4. The molecule has 1 heterocycles. The minimum absolute atomic E-state index is 0.257. The Morgan fingerprint density at radius 1 is 0.812 bits per heavy atom. The Hall–Kier alpha value is -3.86. The molecule has 1 aliphatic heterocycles. The number of benzene rings is 3. The summed E-state index contributed by atoms with van der Waals surface area (Å²) in [6.07, 6.45) is 0.823.